The predicted octanol–water partition coefficient (Wildman–Crippen LogP) is 2.70. The standard InChI is InChI=1S/C18H31N3O2/c1-15-5-3-4-6-18(15)22-12-11-20-7-9-21(10-8-20)14-17-13-16(2)23-19-17/h13,15,18H,3-12,14H2,1-2H3/t15-,18-/m1/s1. The Bertz CT molecular complexity index is 469. The number of rotatable bonds is 6. The van der Waals surface area contributed by atoms with Gasteiger partial charge in [-0.2, -0.15) is 0 Å². The average Bonchev–Trinajstić information content (AvgIpc) is 2.96. The lowest BCUT2D eigenvalue weighted by Gasteiger charge is -2.35. The fraction of sp³-hybridized carbons (Fsp3) is 0.833. The molecule has 0 unspecified atom stereocenters. The molecule has 23 heavy (non-hydrogen) atoms. The second kappa shape index (κ2) is 8.27. The molecule has 2 fully saturated rings. The summed E-state index contributed by atoms with van der Waals surface area (Å²) >= 11 is 0. The van der Waals surface area contributed by atoms with Crippen LogP contribution in [-0.4, -0.2) is 60.4 Å². The van der Waals surface area contributed by atoms with E-state index in [-0.39, 0.29) is 0 Å². The van der Waals surface area contributed by atoms with Crippen LogP contribution in [0.4, 0.5) is 0 Å². The highest BCUT2D eigenvalue weighted by molar-refractivity contribution is 5.03. The van der Waals surface area contributed by atoms with E-state index in [1.54, 1.807) is 0 Å². The van der Waals surface area contributed by atoms with Crippen LogP contribution in [0.2, 0.25) is 0 Å². The van der Waals surface area contributed by atoms with Crippen molar-refractivity contribution in [3.05, 3.63) is 17.5 Å². The van der Waals surface area contributed by atoms with E-state index < -0.39 is 0 Å². The van der Waals surface area contributed by atoms with Gasteiger partial charge in [0.1, 0.15) is 5.76 Å². The molecule has 1 aliphatic heterocycles. The zero-order chi connectivity index (χ0) is 16.1. The summed E-state index contributed by atoms with van der Waals surface area (Å²) in [6.07, 6.45) is 5.82. The Morgan fingerprint density at radius 2 is 1.91 bits per heavy atom. The Morgan fingerprint density at radius 3 is 2.61 bits per heavy atom. The minimum Gasteiger partial charge on any atom is -0.377 e. The number of aromatic nitrogens is 1. The fourth-order valence-corrected chi connectivity index (χ4v) is 3.76. The van der Waals surface area contributed by atoms with Crippen LogP contribution in [0, 0.1) is 12.8 Å². The van der Waals surface area contributed by atoms with Crippen LogP contribution in [0.3, 0.4) is 0 Å². The lowest BCUT2D eigenvalue weighted by atomic mass is 9.88. The van der Waals surface area contributed by atoms with Crippen molar-refractivity contribution in [2.75, 3.05) is 39.3 Å². The molecule has 2 atom stereocenters. The molecule has 0 aromatic carbocycles. The summed E-state index contributed by atoms with van der Waals surface area (Å²) in [7, 11) is 0. The van der Waals surface area contributed by atoms with Gasteiger partial charge in [-0.1, -0.05) is 24.9 Å². The predicted molar refractivity (Wildman–Crippen MR) is 90.3 cm³/mol. The summed E-state index contributed by atoms with van der Waals surface area (Å²) in [5.74, 6) is 1.64. The Morgan fingerprint density at radius 1 is 1.17 bits per heavy atom. The number of nitrogens with zero attached hydrogens (tertiary/aromatic N) is 3. The van der Waals surface area contributed by atoms with Crippen LogP contribution in [0.1, 0.15) is 44.1 Å². The summed E-state index contributed by atoms with van der Waals surface area (Å²) in [5, 5.41) is 4.09. The smallest absolute Gasteiger partial charge is 0.133 e. The van der Waals surface area contributed by atoms with Gasteiger partial charge in [0.25, 0.3) is 0 Å². The Labute approximate surface area is 139 Å². The molecular formula is C18H31N3O2. The highest BCUT2D eigenvalue weighted by Crippen LogP contribution is 2.26. The Kier molecular flexibility index (Phi) is 6.08. The molecule has 130 valence electrons. The zero-order valence-corrected chi connectivity index (χ0v) is 14.7. The monoisotopic (exact) mass is 321 g/mol. The topological polar surface area (TPSA) is 41.7 Å². The largest absolute Gasteiger partial charge is 0.377 e. The van der Waals surface area contributed by atoms with E-state index in [1.165, 1.54) is 25.7 Å². The van der Waals surface area contributed by atoms with Gasteiger partial charge in [-0.15, -0.1) is 0 Å². The van der Waals surface area contributed by atoms with Gasteiger partial charge in [-0.05, 0) is 25.7 Å². The van der Waals surface area contributed by atoms with Gasteiger partial charge in [-0.25, -0.2) is 0 Å². The van der Waals surface area contributed by atoms with Gasteiger partial charge in [0.05, 0.1) is 18.4 Å². The summed E-state index contributed by atoms with van der Waals surface area (Å²) in [4.78, 5) is 4.98. The molecule has 0 bridgehead atoms. The zero-order valence-electron chi connectivity index (χ0n) is 14.7. The Balaban J connectivity index is 1.31. The molecule has 5 heteroatoms. The third kappa shape index (κ3) is 5.03. The highest BCUT2D eigenvalue weighted by Gasteiger charge is 2.22. The third-order valence-electron chi connectivity index (χ3n) is 5.30. The number of piperazine rings is 1. The normalized spacial score (nSPS) is 27.4. The maximum Gasteiger partial charge on any atom is 0.133 e. The summed E-state index contributed by atoms with van der Waals surface area (Å²) in [6, 6.07) is 2.03. The van der Waals surface area contributed by atoms with E-state index in [9.17, 15) is 0 Å². The first-order valence-corrected chi connectivity index (χ1v) is 9.19. The molecule has 0 N–H and O–H groups in total. The quantitative estimate of drug-likeness (QED) is 0.806. The molecule has 0 amide bonds. The average molecular weight is 321 g/mol. The lowest BCUT2D eigenvalue weighted by Crippen LogP contribution is -2.47. The molecule has 0 radical (unpaired) electrons. The second-order valence-corrected chi connectivity index (χ2v) is 7.22. The van der Waals surface area contributed by atoms with Crippen molar-refractivity contribution in [2.45, 2.75) is 52.2 Å². The van der Waals surface area contributed by atoms with Crippen LogP contribution in [0.15, 0.2) is 10.6 Å². The lowest BCUT2D eigenvalue weighted by molar-refractivity contribution is -0.0182. The third-order valence-corrected chi connectivity index (χ3v) is 5.30. The van der Waals surface area contributed by atoms with E-state index >= 15 is 0 Å². The molecule has 1 saturated heterocycles. The fourth-order valence-electron chi connectivity index (χ4n) is 3.76. The summed E-state index contributed by atoms with van der Waals surface area (Å²) in [6.45, 7) is 11.6. The number of ether oxygens (including phenoxy) is 1. The van der Waals surface area contributed by atoms with Crippen LogP contribution in [-0.2, 0) is 11.3 Å². The van der Waals surface area contributed by atoms with Crippen LogP contribution in [0.5, 0.6) is 0 Å². The molecule has 2 aliphatic rings. The molecule has 1 aromatic heterocycles. The first kappa shape index (κ1) is 16.9. The van der Waals surface area contributed by atoms with E-state index in [1.807, 2.05) is 13.0 Å². The molecule has 2 heterocycles. The highest BCUT2D eigenvalue weighted by atomic mass is 16.5. The van der Waals surface area contributed by atoms with E-state index in [0.717, 1.165) is 63.2 Å². The molecule has 5 nitrogen and oxygen atoms in total. The van der Waals surface area contributed by atoms with Gasteiger partial charge in [0.2, 0.25) is 0 Å². The Hall–Kier alpha value is -0.910. The van der Waals surface area contributed by atoms with Gasteiger partial charge in [-0.3, -0.25) is 9.80 Å². The van der Waals surface area contributed by atoms with Crippen molar-refractivity contribution >= 4 is 0 Å². The molecule has 1 saturated carbocycles. The second-order valence-electron chi connectivity index (χ2n) is 7.22. The van der Waals surface area contributed by atoms with E-state index in [0.29, 0.717) is 6.10 Å². The molecule has 1 aliphatic carbocycles. The van der Waals surface area contributed by atoms with Crippen molar-refractivity contribution < 1.29 is 9.26 Å². The molecular weight excluding hydrogens is 290 g/mol. The maximum absolute atomic E-state index is 6.15. The summed E-state index contributed by atoms with van der Waals surface area (Å²) < 4.78 is 11.3. The van der Waals surface area contributed by atoms with Crippen molar-refractivity contribution in [3.8, 4) is 0 Å². The molecule has 3 rings (SSSR count). The molecule has 0 spiro atoms. The van der Waals surface area contributed by atoms with Gasteiger partial charge in [0, 0.05) is 45.3 Å². The SMILES string of the molecule is Cc1cc(CN2CCN(CCO[C@@H]3CCCC[C@H]3C)CC2)no1. The minimum absolute atomic E-state index is 0.500. The van der Waals surface area contributed by atoms with Crippen molar-refractivity contribution in [2.24, 2.45) is 5.92 Å². The van der Waals surface area contributed by atoms with Gasteiger partial charge in [0.15, 0.2) is 0 Å². The van der Waals surface area contributed by atoms with Crippen molar-refractivity contribution in [1.82, 2.24) is 15.0 Å². The summed E-state index contributed by atoms with van der Waals surface area (Å²) in [5.41, 5.74) is 1.05. The maximum atomic E-state index is 6.15. The van der Waals surface area contributed by atoms with Crippen LogP contribution < -0.4 is 0 Å². The first-order valence-electron chi connectivity index (χ1n) is 9.19. The first-order chi connectivity index (χ1) is 11.2. The number of hydrogen-bond acceptors (Lipinski definition) is 5. The van der Waals surface area contributed by atoms with E-state index in [4.69, 9.17) is 9.26 Å². The van der Waals surface area contributed by atoms with Crippen LogP contribution >= 0.6 is 0 Å². The molecule has 1 aromatic rings. The number of aryl methyl sites for hydroxylation is 1. The minimum atomic E-state index is 0.500. The van der Waals surface area contributed by atoms with E-state index in [2.05, 4.69) is 21.9 Å². The van der Waals surface area contributed by atoms with Crippen LogP contribution in [0.25, 0.3) is 0 Å². The number of hydrogen-bond donors (Lipinski definition) is 0. The van der Waals surface area contributed by atoms with Gasteiger partial charge < -0.3 is 9.26 Å². The van der Waals surface area contributed by atoms with Gasteiger partial charge >= 0.3 is 0 Å². The van der Waals surface area contributed by atoms with Crippen molar-refractivity contribution in [3.63, 3.8) is 0 Å². The van der Waals surface area contributed by atoms with Crippen molar-refractivity contribution in [1.29, 1.82) is 0 Å².